The molecule has 1 fully saturated rings. The minimum Gasteiger partial charge on any atom is -0.356 e. The van der Waals surface area contributed by atoms with Crippen molar-refractivity contribution in [3.05, 3.63) is 33.3 Å². The molecule has 2 N–H and O–H groups in total. The van der Waals surface area contributed by atoms with Crippen molar-refractivity contribution in [2.75, 3.05) is 16.8 Å². The number of non-ortho nitro benzene ring substituents is 1. The maximum atomic E-state index is 11.6. The Kier molecular flexibility index (Phi) is 4.59. The number of thiocarbonyl (C=S) groups is 1. The minimum absolute atomic E-state index is 0.00943. The zero-order valence-corrected chi connectivity index (χ0v) is 14.0. The summed E-state index contributed by atoms with van der Waals surface area (Å²) in [7, 11) is -3.06. The molecule has 1 aromatic carbocycles. The van der Waals surface area contributed by atoms with Crippen LogP contribution in [0.2, 0.25) is 5.02 Å². The van der Waals surface area contributed by atoms with Gasteiger partial charge in [-0.1, -0.05) is 11.6 Å². The van der Waals surface area contributed by atoms with Gasteiger partial charge in [-0.3, -0.25) is 10.1 Å². The fourth-order valence-corrected chi connectivity index (χ4v) is 4.87. The number of anilines is 1. The molecule has 7 nitrogen and oxygen atoms in total. The van der Waals surface area contributed by atoms with Crippen molar-refractivity contribution in [3.63, 3.8) is 0 Å². The summed E-state index contributed by atoms with van der Waals surface area (Å²) in [5, 5.41) is 16.9. The summed E-state index contributed by atoms with van der Waals surface area (Å²) in [6.45, 7) is 1.76. The van der Waals surface area contributed by atoms with E-state index in [1.807, 2.05) is 0 Å². The van der Waals surface area contributed by atoms with Gasteiger partial charge in [-0.2, -0.15) is 0 Å². The van der Waals surface area contributed by atoms with E-state index in [9.17, 15) is 18.5 Å². The largest absolute Gasteiger partial charge is 0.356 e. The molecule has 1 heterocycles. The number of sulfone groups is 1. The van der Waals surface area contributed by atoms with E-state index in [-0.39, 0.29) is 33.0 Å². The van der Waals surface area contributed by atoms with Crippen LogP contribution >= 0.6 is 23.8 Å². The number of nitrogens with zero attached hydrogens (tertiary/aromatic N) is 1. The van der Waals surface area contributed by atoms with E-state index in [0.29, 0.717) is 6.42 Å². The van der Waals surface area contributed by atoms with Crippen LogP contribution in [-0.4, -0.2) is 35.5 Å². The Morgan fingerprint density at radius 2 is 2.18 bits per heavy atom. The summed E-state index contributed by atoms with van der Waals surface area (Å²) in [6, 6.07) is 3.95. The quantitative estimate of drug-likeness (QED) is 0.481. The van der Waals surface area contributed by atoms with Gasteiger partial charge >= 0.3 is 0 Å². The molecule has 0 aromatic heterocycles. The molecule has 0 bridgehead atoms. The fourth-order valence-electron chi connectivity index (χ4n) is 2.26. The second-order valence-corrected chi connectivity index (χ2v) is 8.40. The van der Waals surface area contributed by atoms with Crippen molar-refractivity contribution >= 4 is 50.1 Å². The van der Waals surface area contributed by atoms with Gasteiger partial charge < -0.3 is 10.6 Å². The Morgan fingerprint density at radius 1 is 1.50 bits per heavy atom. The average molecular weight is 364 g/mol. The van der Waals surface area contributed by atoms with Crippen LogP contribution in [0.1, 0.15) is 13.3 Å². The lowest BCUT2D eigenvalue weighted by atomic mass is 10.0. The highest BCUT2D eigenvalue weighted by atomic mass is 35.5. The number of nitro groups is 1. The third-order valence-corrected chi connectivity index (χ3v) is 5.76. The number of benzene rings is 1. The summed E-state index contributed by atoms with van der Waals surface area (Å²) in [5.41, 5.74) is -0.488. The summed E-state index contributed by atoms with van der Waals surface area (Å²) in [6.07, 6.45) is 0.444. The van der Waals surface area contributed by atoms with Crippen molar-refractivity contribution in [2.45, 2.75) is 18.9 Å². The lowest BCUT2D eigenvalue weighted by molar-refractivity contribution is -0.384. The molecule has 0 unspecified atom stereocenters. The van der Waals surface area contributed by atoms with Crippen LogP contribution in [-0.2, 0) is 9.84 Å². The molecule has 22 heavy (non-hydrogen) atoms. The summed E-state index contributed by atoms with van der Waals surface area (Å²) in [5.74, 6) is 0.0984. The molecule has 0 radical (unpaired) electrons. The first-order valence-electron chi connectivity index (χ1n) is 6.34. The summed E-state index contributed by atoms with van der Waals surface area (Å²) < 4.78 is 23.1. The first-order valence-corrected chi connectivity index (χ1v) is 8.95. The van der Waals surface area contributed by atoms with Gasteiger partial charge in [0.05, 0.1) is 32.7 Å². The van der Waals surface area contributed by atoms with Crippen LogP contribution < -0.4 is 10.6 Å². The first-order chi connectivity index (χ1) is 10.1. The molecule has 0 aliphatic carbocycles. The number of nitrogens with one attached hydrogen (secondary N) is 2. The predicted octanol–water partition coefficient (Wildman–Crippen LogP) is 2.11. The molecular formula is C12H14ClN3O4S2. The first kappa shape index (κ1) is 16.9. The highest BCUT2D eigenvalue weighted by Crippen LogP contribution is 2.27. The van der Waals surface area contributed by atoms with Crippen molar-refractivity contribution < 1.29 is 13.3 Å². The zero-order chi connectivity index (χ0) is 16.5. The van der Waals surface area contributed by atoms with Gasteiger partial charge in [-0.15, -0.1) is 0 Å². The number of hydrogen-bond donors (Lipinski definition) is 2. The molecule has 1 saturated heterocycles. The van der Waals surface area contributed by atoms with Crippen LogP contribution in [0.5, 0.6) is 0 Å². The second-order valence-electron chi connectivity index (χ2n) is 5.40. The van der Waals surface area contributed by atoms with Crippen LogP contribution in [0, 0.1) is 10.1 Å². The maximum absolute atomic E-state index is 11.6. The lowest BCUT2D eigenvalue weighted by Crippen LogP contribution is -2.48. The van der Waals surface area contributed by atoms with E-state index in [1.54, 1.807) is 6.92 Å². The van der Waals surface area contributed by atoms with Gasteiger partial charge in [-0.05, 0) is 31.6 Å². The number of hydrogen-bond acceptors (Lipinski definition) is 5. The number of halogens is 1. The molecule has 1 aliphatic rings. The Balaban J connectivity index is 2.10. The second kappa shape index (κ2) is 5.98. The van der Waals surface area contributed by atoms with Crippen LogP contribution in [0.3, 0.4) is 0 Å². The molecular weight excluding hydrogens is 350 g/mol. The Morgan fingerprint density at radius 3 is 2.73 bits per heavy atom. The number of rotatable bonds is 3. The Hall–Kier alpha value is -1.45. The third-order valence-electron chi connectivity index (χ3n) is 3.33. The van der Waals surface area contributed by atoms with Gasteiger partial charge in [0, 0.05) is 12.1 Å². The summed E-state index contributed by atoms with van der Waals surface area (Å²) in [4.78, 5) is 10.2. The predicted molar refractivity (Wildman–Crippen MR) is 89.1 cm³/mol. The fraction of sp³-hybridized carbons (Fsp3) is 0.417. The van der Waals surface area contributed by atoms with E-state index in [4.69, 9.17) is 23.8 Å². The van der Waals surface area contributed by atoms with E-state index < -0.39 is 20.3 Å². The maximum Gasteiger partial charge on any atom is 0.271 e. The van der Waals surface area contributed by atoms with E-state index >= 15 is 0 Å². The molecule has 1 aliphatic heterocycles. The number of nitro benzene ring substituents is 1. The van der Waals surface area contributed by atoms with Gasteiger partial charge in [0.25, 0.3) is 5.69 Å². The van der Waals surface area contributed by atoms with Crippen molar-refractivity contribution in [1.29, 1.82) is 0 Å². The highest BCUT2D eigenvalue weighted by molar-refractivity contribution is 7.91. The average Bonchev–Trinajstić information content (AvgIpc) is 2.65. The minimum atomic E-state index is -3.06. The van der Waals surface area contributed by atoms with E-state index in [0.717, 1.165) is 0 Å². The van der Waals surface area contributed by atoms with Crippen molar-refractivity contribution in [1.82, 2.24) is 5.32 Å². The molecule has 0 saturated carbocycles. The normalized spacial score (nSPS) is 23.0. The van der Waals surface area contributed by atoms with E-state index in [2.05, 4.69) is 10.6 Å². The molecule has 1 atom stereocenters. The lowest BCUT2D eigenvalue weighted by Gasteiger charge is -2.26. The van der Waals surface area contributed by atoms with Crippen LogP contribution in [0.4, 0.5) is 11.4 Å². The molecule has 2 rings (SSSR count). The smallest absolute Gasteiger partial charge is 0.271 e. The Labute approximate surface area is 138 Å². The van der Waals surface area contributed by atoms with Gasteiger partial charge in [-0.25, -0.2) is 8.42 Å². The van der Waals surface area contributed by atoms with E-state index in [1.165, 1.54) is 18.2 Å². The summed E-state index contributed by atoms with van der Waals surface area (Å²) >= 11 is 11.1. The monoisotopic (exact) mass is 363 g/mol. The SMILES string of the molecule is C[C@]1(NC(=S)Nc2cc([N+](=O)[O-])ccc2Cl)CCS(=O)(=O)C1. The topological polar surface area (TPSA) is 101 Å². The van der Waals surface area contributed by atoms with Gasteiger partial charge in [0.2, 0.25) is 0 Å². The van der Waals surface area contributed by atoms with Crippen LogP contribution in [0.15, 0.2) is 18.2 Å². The molecule has 1 aromatic rings. The Bertz CT molecular complexity index is 738. The molecule has 0 spiro atoms. The molecule has 0 amide bonds. The standard InChI is InChI=1S/C12H14ClN3O4S2/c1-12(4-5-22(19,20)7-12)15-11(21)14-10-6-8(16(17)18)2-3-9(10)13/h2-3,6H,4-5,7H2,1H3,(H2,14,15,21)/t12-/m0/s1. The molecule has 10 heteroatoms. The van der Waals surface area contributed by atoms with Gasteiger partial charge in [0.1, 0.15) is 0 Å². The zero-order valence-electron chi connectivity index (χ0n) is 11.6. The molecule has 120 valence electrons. The third kappa shape index (κ3) is 4.05. The highest BCUT2D eigenvalue weighted by Gasteiger charge is 2.38. The van der Waals surface area contributed by atoms with Crippen LogP contribution in [0.25, 0.3) is 0 Å². The van der Waals surface area contributed by atoms with Gasteiger partial charge in [0.15, 0.2) is 14.9 Å². The van der Waals surface area contributed by atoms with Crippen molar-refractivity contribution in [2.24, 2.45) is 0 Å². The van der Waals surface area contributed by atoms with Crippen molar-refractivity contribution in [3.8, 4) is 0 Å².